The number of hydrogen-bond donors (Lipinski definition) is 4. The SMILES string of the molecule is O=C(NCc1ccc(Cl)cc1)c1c[nH]c2c(F)cc(S(=O)(=O)NCCc3cnc[nH]3)cc2c1=O. The lowest BCUT2D eigenvalue weighted by molar-refractivity contribution is 0.0949. The van der Waals surface area contributed by atoms with Gasteiger partial charge in [-0.25, -0.2) is 22.5 Å². The molecule has 0 aliphatic heterocycles. The second-order valence-electron chi connectivity index (χ2n) is 7.39. The number of H-pyrrole nitrogens is 2. The monoisotopic (exact) mass is 503 g/mol. The minimum absolute atomic E-state index is 0.0354. The Morgan fingerprint density at radius 1 is 1.15 bits per heavy atom. The number of aromatic amines is 2. The Bertz CT molecular complexity index is 1500. The van der Waals surface area contributed by atoms with Crippen molar-refractivity contribution in [1.82, 2.24) is 25.0 Å². The molecule has 4 rings (SSSR count). The number of hydrogen-bond acceptors (Lipinski definition) is 5. The minimum atomic E-state index is -4.12. The maximum absolute atomic E-state index is 14.7. The molecule has 0 fully saturated rings. The smallest absolute Gasteiger partial charge is 0.257 e. The first-order valence-corrected chi connectivity index (χ1v) is 12.0. The van der Waals surface area contributed by atoms with Gasteiger partial charge in [-0.3, -0.25) is 9.59 Å². The highest BCUT2D eigenvalue weighted by atomic mass is 35.5. The highest BCUT2D eigenvalue weighted by Crippen LogP contribution is 2.19. The van der Waals surface area contributed by atoms with Gasteiger partial charge in [0.2, 0.25) is 15.5 Å². The van der Waals surface area contributed by atoms with Crippen molar-refractivity contribution in [3.63, 3.8) is 0 Å². The molecule has 0 spiro atoms. The van der Waals surface area contributed by atoms with E-state index in [1.54, 1.807) is 30.5 Å². The van der Waals surface area contributed by atoms with Crippen molar-refractivity contribution in [2.75, 3.05) is 6.54 Å². The van der Waals surface area contributed by atoms with Gasteiger partial charge in [0.05, 0.1) is 22.1 Å². The third-order valence-corrected chi connectivity index (χ3v) is 6.77. The van der Waals surface area contributed by atoms with Crippen LogP contribution in [0.15, 0.2) is 64.8 Å². The van der Waals surface area contributed by atoms with Crippen molar-refractivity contribution in [2.45, 2.75) is 17.9 Å². The summed E-state index contributed by atoms with van der Waals surface area (Å²) in [5.74, 6) is -1.62. The average Bonchev–Trinajstić information content (AvgIpc) is 3.32. The van der Waals surface area contributed by atoms with E-state index in [1.807, 2.05) is 0 Å². The first kappa shape index (κ1) is 23.6. The van der Waals surface area contributed by atoms with Crippen LogP contribution in [0.25, 0.3) is 10.9 Å². The number of rotatable bonds is 8. The third-order valence-electron chi connectivity index (χ3n) is 5.08. The number of carbonyl (C=O) groups excluding carboxylic acids is 1. The van der Waals surface area contributed by atoms with Gasteiger partial charge < -0.3 is 15.3 Å². The first-order chi connectivity index (χ1) is 16.2. The van der Waals surface area contributed by atoms with Gasteiger partial charge in [0.25, 0.3) is 5.91 Å². The van der Waals surface area contributed by atoms with Gasteiger partial charge in [0.1, 0.15) is 11.4 Å². The number of fused-ring (bicyclic) bond motifs is 1. The van der Waals surface area contributed by atoms with Gasteiger partial charge in [-0.1, -0.05) is 23.7 Å². The predicted molar refractivity (Wildman–Crippen MR) is 125 cm³/mol. The Kier molecular flexibility index (Phi) is 6.77. The molecule has 0 unspecified atom stereocenters. The molecule has 4 aromatic rings. The number of aromatic nitrogens is 3. The number of pyridine rings is 1. The summed E-state index contributed by atoms with van der Waals surface area (Å²) in [6, 6.07) is 8.64. The van der Waals surface area contributed by atoms with E-state index in [0.29, 0.717) is 11.4 Å². The molecule has 0 saturated heterocycles. The molecule has 0 aliphatic rings. The number of nitrogens with one attached hydrogen (secondary N) is 4. The van der Waals surface area contributed by atoms with E-state index in [4.69, 9.17) is 11.6 Å². The second-order valence-corrected chi connectivity index (χ2v) is 9.60. The molecule has 2 aromatic carbocycles. The zero-order chi connectivity index (χ0) is 24.3. The normalized spacial score (nSPS) is 11.6. The van der Waals surface area contributed by atoms with Gasteiger partial charge in [0, 0.05) is 42.6 Å². The number of imidazole rings is 1. The van der Waals surface area contributed by atoms with Crippen LogP contribution in [0.1, 0.15) is 21.6 Å². The molecule has 176 valence electrons. The van der Waals surface area contributed by atoms with E-state index in [0.717, 1.165) is 29.6 Å². The van der Waals surface area contributed by atoms with Gasteiger partial charge in [-0.15, -0.1) is 0 Å². The van der Waals surface area contributed by atoms with Crippen LogP contribution in [-0.2, 0) is 23.0 Å². The molecule has 2 aromatic heterocycles. The topological polar surface area (TPSA) is 137 Å². The fourth-order valence-corrected chi connectivity index (χ4v) is 4.49. The summed E-state index contributed by atoms with van der Waals surface area (Å²) in [4.78, 5) is 34.4. The standard InChI is InChI=1S/C22H19ClFN5O4S/c23-14-3-1-13(2-4-14)9-27-22(31)18-11-26-20-17(21(18)30)7-16(8-19(20)24)34(32,33)29-6-5-15-10-25-12-28-15/h1-4,7-8,10-12,29H,5-6,9H2,(H,25,28)(H,26,30)(H,27,31). The van der Waals surface area contributed by atoms with Crippen molar-refractivity contribution < 1.29 is 17.6 Å². The van der Waals surface area contributed by atoms with Crippen LogP contribution in [0.4, 0.5) is 4.39 Å². The molecule has 12 heteroatoms. The Labute approximate surface area is 198 Å². The molecule has 0 saturated carbocycles. The number of carbonyl (C=O) groups is 1. The average molecular weight is 504 g/mol. The molecular formula is C22H19ClFN5O4S. The summed E-state index contributed by atoms with van der Waals surface area (Å²) in [5.41, 5.74) is 0.211. The number of sulfonamides is 1. The summed E-state index contributed by atoms with van der Waals surface area (Å²) in [5, 5.41) is 2.90. The Balaban J connectivity index is 1.57. The quantitative estimate of drug-likeness (QED) is 0.293. The third kappa shape index (κ3) is 5.16. The van der Waals surface area contributed by atoms with Crippen molar-refractivity contribution in [2.24, 2.45) is 0 Å². The molecule has 0 bridgehead atoms. The Morgan fingerprint density at radius 2 is 1.91 bits per heavy atom. The van der Waals surface area contributed by atoms with E-state index in [9.17, 15) is 22.4 Å². The molecule has 9 nitrogen and oxygen atoms in total. The summed E-state index contributed by atoms with van der Waals surface area (Å²) in [6.45, 7) is 0.171. The van der Waals surface area contributed by atoms with Crippen LogP contribution >= 0.6 is 11.6 Å². The van der Waals surface area contributed by atoms with E-state index < -0.39 is 32.1 Å². The first-order valence-electron chi connectivity index (χ1n) is 10.1. The van der Waals surface area contributed by atoms with E-state index >= 15 is 0 Å². The fraction of sp³-hybridized carbons (Fsp3) is 0.136. The van der Waals surface area contributed by atoms with Gasteiger partial charge in [-0.05, 0) is 29.8 Å². The van der Waals surface area contributed by atoms with Gasteiger partial charge in [-0.2, -0.15) is 0 Å². The molecule has 0 aliphatic carbocycles. The van der Waals surface area contributed by atoms with E-state index in [2.05, 4.69) is 25.0 Å². The van der Waals surface area contributed by atoms with Crippen LogP contribution in [0.5, 0.6) is 0 Å². The number of nitrogens with zero attached hydrogens (tertiary/aromatic N) is 1. The van der Waals surface area contributed by atoms with E-state index in [1.165, 1.54) is 6.33 Å². The molecule has 4 N–H and O–H groups in total. The number of halogens is 2. The Morgan fingerprint density at radius 3 is 2.62 bits per heavy atom. The van der Waals surface area contributed by atoms with Crippen LogP contribution in [0, 0.1) is 5.82 Å². The molecule has 34 heavy (non-hydrogen) atoms. The van der Waals surface area contributed by atoms with Crippen LogP contribution in [0.2, 0.25) is 5.02 Å². The van der Waals surface area contributed by atoms with Crippen LogP contribution in [0.3, 0.4) is 0 Å². The van der Waals surface area contributed by atoms with E-state index in [-0.39, 0.29) is 29.6 Å². The molecular weight excluding hydrogens is 485 g/mol. The van der Waals surface area contributed by atoms with Crippen molar-refractivity contribution in [3.05, 3.63) is 93.0 Å². The Hall–Kier alpha value is -3.54. The van der Waals surface area contributed by atoms with Crippen LogP contribution in [-0.4, -0.2) is 35.8 Å². The summed E-state index contributed by atoms with van der Waals surface area (Å²) in [7, 11) is -4.12. The highest BCUT2D eigenvalue weighted by Gasteiger charge is 2.20. The van der Waals surface area contributed by atoms with Gasteiger partial charge in [0.15, 0.2) is 0 Å². The second kappa shape index (κ2) is 9.75. The predicted octanol–water partition coefficient (Wildman–Crippen LogP) is 2.49. The summed E-state index contributed by atoms with van der Waals surface area (Å²) >= 11 is 5.84. The molecule has 1 amide bonds. The van der Waals surface area contributed by atoms with Crippen molar-refractivity contribution in [1.29, 1.82) is 0 Å². The van der Waals surface area contributed by atoms with Gasteiger partial charge >= 0.3 is 0 Å². The zero-order valence-electron chi connectivity index (χ0n) is 17.6. The zero-order valence-corrected chi connectivity index (χ0v) is 19.1. The fourth-order valence-electron chi connectivity index (χ4n) is 3.29. The molecule has 0 atom stereocenters. The number of amides is 1. The lowest BCUT2D eigenvalue weighted by Gasteiger charge is -2.10. The van der Waals surface area contributed by atoms with Crippen LogP contribution < -0.4 is 15.5 Å². The highest BCUT2D eigenvalue weighted by molar-refractivity contribution is 7.89. The number of benzene rings is 2. The van der Waals surface area contributed by atoms with Crippen molar-refractivity contribution in [3.8, 4) is 0 Å². The van der Waals surface area contributed by atoms with Crippen molar-refractivity contribution >= 4 is 38.4 Å². The minimum Gasteiger partial charge on any atom is -0.358 e. The lowest BCUT2D eigenvalue weighted by atomic mass is 10.1. The lowest BCUT2D eigenvalue weighted by Crippen LogP contribution is -2.29. The summed E-state index contributed by atoms with van der Waals surface area (Å²) < 4.78 is 42.3. The largest absolute Gasteiger partial charge is 0.358 e. The maximum Gasteiger partial charge on any atom is 0.257 e. The maximum atomic E-state index is 14.7. The molecule has 0 radical (unpaired) electrons. The summed E-state index contributed by atoms with van der Waals surface area (Å²) in [6.07, 6.45) is 4.47. The molecule has 2 heterocycles.